The van der Waals surface area contributed by atoms with Crippen molar-refractivity contribution in [1.29, 1.82) is 0 Å². The number of aromatic amines is 1. The summed E-state index contributed by atoms with van der Waals surface area (Å²) < 4.78 is 1.74. The molecule has 1 amide bonds. The number of pyridine rings is 1. The van der Waals surface area contributed by atoms with Gasteiger partial charge < -0.3 is 16.8 Å². The average molecular weight is 438 g/mol. The van der Waals surface area contributed by atoms with Crippen molar-refractivity contribution in [3.05, 3.63) is 84.1 Å². The van der Waals surface area contributed by atoms with Crippen LogP contribution in [0.15, 0.2) is 67.3 Å². The molecule has 0 aliphatic heterocycles. The van der Waals surface area contributed by atoms with E-state index in [1.54, 1.807) is 29.5 Å². The highest BCUT2D eigenvalue weighted by atomic mass is 16.2. The van der Waals surface area contributed by atoms with Gasteiger partial charge in [0.15, 0.2) is 5.69 Å². The van der Waals surface area contributed by atoms with Crippen LogP contribution < -0.4 is 16.8 Å². The number of nitrogens with zero attached hydrogens (tertiary/aromatic N) is 4. The minimum Gasteiger partial charge on any atom is -0.399 e. The molecular formula is C24H22N8O. The number of rotatable bonds is 5. The molecule has 6 N–H and O–H groups in total. The van der Waals surface area contributed by atoms with Crippen LogP contribution in [0.5, 0.6) is 0 Å². The number of anilines is 3. The summed E-state index contributed by atoms with van der Waals surface area (Å²) in [6.07, 6.45) is 6.74. The maximum Gasteiger partial charge on any atom is 0.276 e. The Morgan fingerprint density at radius 1 is 1.09 bits per heavy atom. The molecule has 0 bridgehead atoms. The minimum absolute atomic E-state index is 0.314. The van der Waals surface area contributed by atoms with Crippen LogP contribution in [0.4, 0.5) is 17.1 Å². The maximum atomic E-state index is 12.9. The Bertz CT molecular complexity index is 1480. The first-order valence-corrected chi connectivity index (χ1v) is 10.3. The fraction of sp³-hybridized carbons (Fsp3) is 0.0833. The number of hydrogen-bond donors (Lipinski definition) is 4. The van der Waals surface area contributed by atoms with Gasteiger partial charge in [0.1, 0.15) is 0 Å². The molecule has 0 saturated carbocycles. The fourth-order valence-corrected chi connectivity index (χ4v) is 3.85. The van der Waals surface area contributed by atoms with E-state index in [4.69, 9.17) is 11.5 Å². The number of nitrogens with one attached hydrogen (secondary N) is 2. The molecule has 5 aromatic rings. The summed E-state index contributed by atoms with van der Waals surface area (Å²) in [5.41, 5.74) is 18.5. The number of hydrogen-bond acceptors (Lipinski definition) is 6. The number of aromatic nitrogens is 5. The van der Waals surface area contributed by atoms with E-state index in [9.17, 15) is 4.79 Å². The van der Waals surface area contributed by atoms with Crippen LogP contribution in [0, 0.1) is 6.92 Å². The number of nitrogen functional groups attached to an aromatic ring is 2. The fourth-order valence-electron chi connectivity index (χ4n) is 3.85. The average Bonchev–Trinajstić information content (AvgIpc) is 3.39. The largest absolute Gasteiger partial charge is 0.399 e. The number of carbonyl (C=O) groups excluding carboxylic acids is 1. The second-order valence-electron chi connectivity index (χ2n) is 7.92. The number of fused-ring (bicyclic) bond motifs is 1. The number of nitrogens with two attached hydrogens (primary N) is 2. The number of aryl methyl sites for hydroxylation is 1. The van der Waals surface area contributed by atoms with Gasteiger partial charge in [-0.2, -0.15) is 10.2 Å². The molecule has 0 radical (unpaired) electrons. The lowest BCUT2D eigenvalue weighted by atomic mass is 9.99. The highest BCUT2D eigenvalue weighted by molar-refractivity contribution is 6.11. The van der Waals surface area contributed by atoms with Gasteiger partial charge in [0, 0.05) is 35.2 Å². The Kier molecular flexibility index (Phi) is 4.98. The summed E-state index contributed by atoms with van der Waals surface area (Å²) in [4.78, 5) is 17.1. The first-order valence-electron chi connectivity index (χ1n) is 10.3. The van der Waals surface area contributed by atoms with E-state index in [0.717, 1.165) is 33.2 Å². The van der Waals surface area contributed by atoms with Crippen LogP contribution in [0.25, 0.3) is 22.0 Å². The lowest BCUT2D eigenvalue weighted by molar-refractivity contribution is 0.102. The van der Waals surface area contributed by atoms with Gasteiger partial charge in [0.25, 0.3) is 5.91 Å². The van der Waals surface area contributed by atoms with Crippen LogP contribution in [-0.4, -0.2) is 30.9 Å². The Morgan fingerprint density at radius 2 is 1.97 bits per heavy atom. The number of H-pyrrole nitrogens is 1. The summed E-state index contributed by atoms with van der Waals surface area (Å²) in [6, 6.07) is 13.4. The molecule has 0 saturated heterocycles. The van der Waals surface area contributed by atoms with E-state index in [1.807, 2.05) is 49.4 Å². The van der Waals surface area contributed by atoms with Crippen LogP contribution in [0.2, 0.25) is 0 Å². The van der Waals surface area contributed by atoms with Gasteiger partial charge in [-0.15, -0.1) is 0 Å². The highest BCUT2D eigenvalue weighted by Crippen LogP contribution is 2.29. The first-order chi connectivity index (χ1) is 16.0. The lowest BCUT2D eigenvalue weighted by Crippen LogP contribution is -2.12. The van der Waals surface area contributed by atoms with Gasteiger partial charge in [0.2, 0.25) is 0 Å². The number of amides is 1. The van der Waals surface area contributed by atoms with Crippen molar-refractivity contribution in [2.75, 3.05) is 16.8 Å². The Balaban J connectivity index is 1.37. The highest BCUT2D eigenvalue weighted by Gasteiger charge is 2.17. The molecule has 0 spiro atoms. The van der Waals surface area contributed by atoms with Crippen molar-refractivity contribution >= 4 is 33.9 Å². The Morgan fingerprint density at radius 3 is 2.79 bits per heavy atom. The lowest BCUT2D eigenvalue weighted by Gasteiger charge is -2.07. The second kappa shape index (κ2) is 8.12. The zero-order valence-corrected chi connectivity index (χ0v) is 17.9. The zero-order chi connectivity index (χ0) is 22.9. The molecule has 0 unspecified atom stereocenters. The maximum absolute atomic E-state index is 12.9. The third-order valence-corrected chi connectivity index (χ3v) is 5.38. The first kappa shape index (κ1) is 20.3. The van der Waals surface area contributed by atoms with E-state index in [2.05, 4.69) is 25.6 Å². The standard InChI is InChI=1S/C24H22N8O/c1-14-5-21-22(8-20(14)16-7-18(26)10-27-9-16)30-31-23(21)24(33)29-19-11-28-32(13-19)12-15-3-2-4-17(25)6-15/h2-11,13H,12,25-26H2,1H3,(H,29,33)(H,30,31). The van der Waals surface area contributed by atoms with Crippen LogP contribution in [0.1, 0.15) is 21.6 Å². The van der Waals surface area contributed by atoms with Crippen LogP contribution in [-0.2, 0) is 6.54 Å². The topological polar surface area (TPSA) is 141 Å². The predicted octanol–water partition coefficient (Wildman–Crippen LogP) is 3.59. The molecule has 33 heavy (non-hydrogen) atoms. The van der Waals surface area contributed by atoms with Crippen molar-refractivity contribution in [2.24, 2.45) is 0 Å². The van der Waals surface area contributed by atoms with E-state index >= 15 is 0 Å². The molecule has 0 aliphatic carbocycles. The van der Waals surface area contributed by atoms with E-state index in [-0.39, 0.29) is 5.91 Å². The molecule has 5 rings (SSSR count). The van der Waals surface area contributed by atoms with E-state index in [0.29, 0.717) is 29.3 Å². The molecular weight excluding hydrogens is 416 g/mol. The van der Waals surface area contributed by atoms with Gasteiger partial charge in [-0.1, -0.05) is 12.1 Å². The van der Waals surface area contributed by atoms with Gasteiger partial charge >= 0.3 is 0 Å². The van der Waals surface area contributed by atoms with Crippen molar-refractivity contribution in [3.63, 3.8) is 0 Å². The van der Waals surface area contributed by atoms with Gasteiger partial charge in [-0.05, 0) is 53.9 Å². The molecule has 0 fully saturated rings. The Labute approximate surface area is 189 Å². The third-order valence-electron chi connectivity index (χ3n) is 5.38. The third kappa shape index (κ3) is 4.11. The molecule has 9 nitrogen and oxygen atoms in total. The second-order valence-corrected chi connectivity index (χ2v) is 7.92. The summed E-state index contributed by atoms with van der Waals surface area (Å²) in [5, 5.41) is 15.1. The quantitative estimate of drug-likeness (QED) is 0.309. The van der Waals surface area contributed by atoms with Gasteiger partial charge in [-0.25, -0.2) is 0 Å². The van der Waals surface area contributed by atoms with Gasteiger partial charge in [-0.3, -0.25) is 19.6 Å². The molecule has 164 valence electrons. The molecule has 2 aromatic carbocycles. The number of carbonyl (C=O) groups is 1. The van der Waals surface area contributed by atoms with E-state index < -0.39 is 0 Å². The Hall–Kier alpha value is -4.66. The minimum atomic E-state index is -0.317. The molecule has 0 atom stereocenters. The van der Waals surface area contributed by atoms with E-state index in [1.165, 1.54) is 0 Å². The van der Waals surface area contributed by atoms with Crippen molar-refractivity contribution in [3.8, 4) is 11.1 Å². The van der Waals surface area contributed by atoms with Crippen LogP contribution in [0.3, 0.4) is 0 Å². The van der Waals surface area contributed by atoms with Gasteiger partial charge in [0.05, 0.1) is 29.6 Å². The van der Waals surface area contributed by atoms with Crippen molar-refractivity contribution < 1.29 is 4.79 Å². The summed E-state index contributed by atoms with van der Waals surface area (Å²) in [5.74, 6) is -0.317. The predicted molar refractivity (Wildman–Crippen MR) is 129 cm³/mol. The zero-order valence-electron chi connectivity index (χ0n) is 17.9. The van der Waals surface area contributed by atoms with Crippen molar-refractivity contribution in [2.45, 2.75) is 13.5 Å². The monoisotopic (exact) mass is 438 g/mol. The van der Waals surface area contributed by atoms with Crippen LogP contribution >= 0.6 is 0 Å². The summed E-state index contributed by atoms with van der Waals surface area (Å²) in [7, 11) is 0. The molecule has 9 heteroatoms. The van der Waals surface area contributed by atoms with Crippen molar-refractivity contribution in [1.82, 2.24) is 25.0 Å². The number of benzene rings is 2. The smallest absolute Gasteiger partial charge is 0.276 e. The molecule has 0 aliphatic rings. The summed E-state index contributed by atoms with van der Waals surface area (Å²) >= 11 is 0. The normalized spacial score (nSPS) is 11.1. The molecule has 3 aromatic heterocycles. The summed E-state index contributed by atoms with van der Waals surface area (Å²) in [6.45, 7) is 2.53. The molecule has 3 heterocycles. The SMILES string of the molecule is Cc1cc2c(C(=O)Nc3cnn(Cc4cccc(N)c4)c3)n[nH]c2cc1-c1cncc(N)c1.